The molecular formula is C24H23N3O2. The predicted octanol–water partition coefficient (Wildman–Crippen LogP) is 4.98. The van der Waals surface area contributed by atoms with Gasteiger partial charge in [0.25, 0.3) is 0 Å². The number of nitrogens with zero attached hydrogens (tertiary/aromatic N) is 2. The van der Waals surface area contributed by atoms with Crippen LogP contribution in [0.1, 0.15) is 25.7 Å². The van der Waals surface area contributed by atoms with Gasteiger partial charge in [-0.15, -0.1) is 0 Å². The molecule has 29 heavy (non-hydrogen) atoms. The molecule has 5 nitrogen and oxygen atoms in total. The largest absolute Gasteiger partial charge is 0.504 e. The molecule has 3 aliphatic heterocycles. The van der Waals surface area contributed by atoms with E-state index in [1.54, 1.807) is 12.3 Å². The molecule has 4 heterocycles. The molecule has 1 aromatic heterocycles. The molecule has 146 valence electrons. The zero-order chi connectivity index (χ0) is 19.4. The van der Waals surface area contributed by atoms with Crippen LogP contribution in [-0.2, 0) is 0 Å². The summed E-state index contributed by atoms with van der Waals surface area (Å²) in [6.07, 6.45) is 6.52. The van der Waals surface area contributed by atoms with Crippen LogP contribution in [0.3, 0.4) is 0 Å². The Labute approximate surface area is 170 Å². The van der Waals surface area contributed by atoms with E-state index in [1.165, 1.54) is 12.8 Å². The number of nitrogens with one attached hydrogen (secondary N) is 1. The highest BCUT2D eigenvalue weighted by Crippen LogP contribution is 2.53. The van der Waals surface area contributed by atoms with E-state index in [-0.39, 0.29) is 5.75 Å². The van der Waals surface area contributed by atoms with E-state index in [9.17, 15) is 5.11 Å². The van der Waals surface area contributed by atoms with Gasteiger partial charge in [0.15, 0.2) is 17.2 Å². The third-order valence-corrected chi connectivity index (χ3v) is 6.44. The minimum atomic E-state index is 0.179. The molecule has 0 spiro atoms. The molecule has 2 aromatic carbocycles. The van der Waals surface area contributed by atoms with Gasteiger partial charge >= 0.3 is 0 Å². The quantitative estimate of drug-likeness (QED) is 0.651. The molecule has 2 atom stereocenters. The average molecular weight is 385 g/mol. The van der Waals surface area contributed by atoms with Crippen molar-refractivity contribution < 1.29 is 9.84 Å². The van der Waals surface area contributed by atoms with Gasteiger partial charge in [0.05, 0.1) is 17.1 Å². The fourth-order valence-electron chi connectivity index (χ4n) is 5.17. The maximum atomic E-state index is 10.5. The summed E-state index contributed by atoms with van der Waals surface area (Å²) in [4.78, 5) is 6.86. The van der Waals surface area contributed by atoms with Crippen LogP contribution in [0.2, 0.25) is 0 Å². The zero-order valence-electron chi connectivity index (χ0n) is 16.1. The van der Waals surface area contributed by atoms with Gasteiger partial charge in [0.1, 0.15) is 0 Å². The Kier molecular flexibility index (Phi) is 3.78. The summed E-state index contributed by atoms with van der Waals surface area (Å²) < 4.78 is 6.23. The van der Waals surface area contributed by atoms with Crippen molar-refractivity contribution in [2.75, 3.05) is 4.90 Å². The van der Waals surface area contributed by atoms with Crippen molar-refractivity contribution >= 4 is 11.4 Å². The molecule has 3 aromatic rings. The van der Waals surface area contributed by atoms with Crippen molar-refractivity contribution in [2.45, 2.75) is 43.8 Å². The molecule has 3 aliphatic rings. The number of aromatic hydroxyl groups is 1. The van der Waals surface area contributed by atoms with E-state index in [0.717, 1.165) is 41.2 Å². The predicted molar refractivity (Wildman–Crippen MR) is 113 cm³/mol. The second-order valence-corrected chi connectivity index (χ2v) is 8.26. The third kappa shape index (κ3) is 2.76. The number of aromatic nitrogens is 1. The van der Waals surface area contributed by atoms with Crippen LogP contribution in [0.25, 0.3) is 11.3 Å². The molecule has 2 fully saturated rings. The van der Waals surface area contributed by atoms with Crippen molar-refractivity contribution in [1.82, 2.24) is 10.3 Å². The van der Waals surface area contributed by atoms with Crippen LogP contribution in [0, 0.1) is 0 Å². The van der Waals surface area contributed by atoms with Crippen molar-refractivity contribution in [3.8, 4) is 28.5 Å². The molecule has 0 aliphatic carbocycles. The second kappa shape index (κ2) is 6.49. The lowest BCUT2D eigenvalue weighted by atomic mass is 9.95. The van der Waals surface area contributed by atoms with Crippen LogP contribution in [0.5, 0.6) is 17.2 Å². The van der Waals surface area contributed by atoms with E-state index in [1.807, 2.05) is 30.3 Å². The standard InChI is InChI=1S/C24H23N3O2/c28-22-6-3-5-21-24(22)29-23-12-15(19-4-1-2-11-25-19)7-10-20(23)27(21)18-13-16-8-9-17(14-18)26-16/h1-7,10-12,16-18,26,28H,8-9,13-14H2. The van der Waals surface area contributed by atoms with Gasteiger partial charge in [0, 0.05) is 29.9 Å². The first-order valence-electron chi connectivity index (χ1n) is 10.4. The van der Waals surface area contributed by atoms with Crippen molar-refractivity contribution in [2.24, 2.45) is 0 Å². The Morgan fingerprint density at radius 1 is 0.966 bits per heavy atom. The van der Waals surface area contributed by atoms with Gasteiger partial charge in [-0.25, -0.2) is 0 Å². The molecule has 6 rings (SSSR count). The van der Waals surface area contributed by atoms with Crippen LogP contribution in [-0.4, -0.2) is 28.2 Å². The Morgan fingerprint density at radius 2 is 1.83 bits per heavy atom. The molecule has 2 N–H and O–H groups in total. The maximum Gasteiger partial charge on any atom is 0.192 e. The molecule has 2 saturated heterocycles. The molecule has 0 saturated carbocycles. The number of para-hydroxylation sites is 1. The second-order valence-electron chi connectivity index (χ2n) is 8.26. The van der Waals surface area contributed by atoms with Crippen LogP contribution in [0.4, 0.5) is 11.4 Å². The lowest BCUT2D eigenvalue weighted by Gasteiger charge is -2.42. The molecule has 0 amide bonds. The highest BCUT2D eigenvalue weighted by Gasteiger charge is 2.40. The van der Waals surface area contributed by atoms with Gasteiger partial charge in [0.2, 0.25) is 0 Å². The molecule has 5 heteroatoms. The molecular weight excluding hydrogens is 362 g/mol. The minimum Gasteiger partial charge on any atom is -0.504 e. The number of rotatable bonds is 2. The van der Waals surface area contributed by atoms with E-state index >= 15 is 0 Å². The van der Waals surface area contributed by atoms with Gasteiger partial charge in [-0.05, 0) is 62.1 Å². The van der Waals surface area contributed by atoms with Crippen molar-refractivity contribution in [3.63, 3.8) is 0 Å². The average Bonchev–Trinajstić information content (AvgIpc) is 3.10. The third-order valence-electron chi connectivity index (χ3n) is 6.44. The topological polar surface area (TPSA) is 57.6 Å². The number of fused-ring (bicyclic) bond motifs is 4. The normalized spacial score (nSPS) is 24.6. The first-order valence-corrected chi connectivity index (χ1v) is 10.4. The number of pyridine rings is 1. The summed E-state index contributed by atoms with van der Waals surface area (Å²) in [7, 11) is 0. The van der Waals surface area contributed by atoms with Crippen molar-refractivity contribution in [1.29, 1.82) is 0 Å². The first-order chi connectivity index (χ1) is 14.3. The highest BCUT2D eigenvalue weighted by atomic mass is 16.5. The SMILES string of the molecule is Oc1cccc2c1Oc1cc(-c3ccccn3)ccc1N2C1CC2CCC(C1)N2. The number of anilines is 2. The Hall–Kier alpha value is -3.05. The monoisotopic (exact) mass is 385 g/mol. The number of phenols is 1. The number of piperidine rings is 1. The summed E-state index contributed by atoms with van der Waals surface area (Å²) >= 11 is 0. The van der Waals surface area contributed by atoms with Crippen LogP contribution in [0.15, 0.2) is 60.8 Å². The summed E-state index contributed by atoms with van der Waals surface area (Å²) in [6.45, 7) is 0. The number of benzene rings is 2. The number of phenolic OH excluding ortho intramolecular Hbond substituents is 1. The Bertz CT molecular complexity index is 1060. The van der Waals surface area contributed by atoms with E-state index < -0.39 is 0 Å². The lowest BCUT2D eigenvalue weighted by Crippen LogP contribution is -2.47. The van der Waals surface area contributed by atoms with Gasteiger partial charge < -0.3 is 20.1 Å². The highest BCUT2D eigenvalue weighted by molar-refractivity contribution is 5.83. The van der Waals surface area contributed by atoms with Gasteiger partial charge in [-0.2, -0.15) is 0 Å². The summed E-state index contributed by atoms with van der Waals surface area (Å²) in [5, 5.41) is 14.3. The summed E-state index contributed by atoms with van der Waals surface area (Å²) in [5.74, 6) is 1.50. The fraction of sp³-hybridized carbons (Fsp3) is 0.292. The molecule has 2 bridgehead atoms. The number of hydrogen-bond donors (Lipinski definition) is 2. The lowest BCUT2D eigenvalue weighted by molar-refractivity contribution is 0.350. The van der Waals surface area contributed by atoms with Crippen molar-refractivity contribution in [3.05, 3.63) is 60.8 Å². The Balaban J connectivity index is 1.47. The summed E-state index contributed by atoms with van der Waals surface area (Å²) in [5.41, 5.74) is 3.94. The van der Waals surface area contributed by atoms with E-state index in [2.05, 4.69) is 33.4 Å². The van der Waals surface area contributed by atoms with Crippen LogP contribution < -0.4 is 15.0 Å². The van der Waals surface area contributed by atoms with E-state index in [4.69, 9.17) is 4.74 Å². The molecule has 0 radical (unpaired) electrons. The number of ether oxygens (including phenoxy) is 1. The van der Waals surface area contributed by atoms with Gasteiger partial charge in [-0.1, -0.05) is 18.2 Å². The Morgan fingerprint density at radius 3 is 2.62 bits per heavy atom. The zero-order valence-corrected chi connectivity index (χ0v) is 16.1. The number of hydrogen-bond acceptors (Lipinski definition) is 5. The summed E-state index contributed by atoms with van der Waals surface area (Å²) in [6, 6.07) is 19.4. The fourth-order valence-corrected chi connectivity index (χ4v) is 5.17. The van der Waals surface area contributed by atoms with Gasteiger partial charge in [-0.3, -0.25) is 4.98 Å². The molecule has 2 unspecified atom stereocenters. The maximum absolute atomic E-state index is 10.5. The van der Waals surface area contributed by atoms with E-state index in [0.29, 0.717) is 23.9 Å². The minimum absolute atomic E-state index is 0.179. The smallest absolute Gasteiger partial charge is 0.192 e. The first kappa shape index (κ1) is 16.9. The van der Waals surface area contributed by atoms with Crippen LogP contribution >= 0.6 is 0 Å².